The van der Waals surface area contributed by atoms with Gasteiger partial charge in [0.2, 0.25) is 0 Å². The Morgan fingerprint density at radius 3 is 2.70 bits per heavy atom. The Hall–Kier alpha value is -2.36. The lowest BCUT2D eigenvalue weighted by Crippen LogP contribution is -2.37. The van der Waals surface area contributed by atoms with Crippen LogP contribution in [0.25, 0.3) is 5.65 Å². The lowest BCUT2D eigenvalue weighted by Gasteiger charge is -2.11. The second kappa shape index (κ2) is 10.7. The molecule has 2 heterocycles. The van der Waals surface area contributed by atoms with Crippen LogP contribution in [0, 0.1) is 0 Å². The van der Waals surface area contributed by atoms with E-state index in [9.17, 15) is 5.11 Å². The monoisotopic (exact) mass is 480 g/mol. The number of benzene rings is 1. The molecule has 3 aromatic rings. The van der Waals surface area contributed by atoms with Gasteiger partial charge in [0.15, 0.2) is 17.4 Å². The highest BCUT2D eigenvalue weighted by atomic mass is 127. The molecule has 144 valence electrons. The van der Waals surface area contributed by atoms with E-state index in [0.717, 1.165) is 43.4 Å². The van der Waals surface area contributed by atoms with Crippen LogP contribution in [-0.4, -0.2) is 38.8 Å². The van der Waals surface area contributed by atoms with Crippen LogP contribution in [0.15, 0.2) is 53.7 Å². The summed E-state index contributed by atoms with van der Waals surface area (Å²) in [6.45, 7) is 4.11. The molecule has 1 aromatic carbocycles. The Morgan fingerprint density at radius 2 is 1.93 bits per heavy atom. The third-order valence-electron chi connectivity index (χ3n) is 3.98. The summed E-state index contributed by atoms with van der Waals surface area (Å²) in [6.07, 6.45) is 3.86. The first-order chi connectivity index (χ1) is 12.8. The largest absolute Gasteiger partial charge is 0.508 e. The van der Waals surface area contributed by atoms with Crippen molar-refractivity contribution in [2.24, 2.45) is 4.99 Å². The molecule has 0 fully saturated rings. The zero-order valence-corrected chi connectivity index (χ0v) is 17.6. The van der Waals surface area contributed by atoms with Gasteiger partial charge in [0.1, 0.15) is 12.3 Å². The molecule has 0 atom stereocenters. The smallest absolute Gasteiger partial charge is 0.191 e. The predicted octanol–water partition coefficient (Wildman–Crippen LogP) is 2.74. The third-order valence-corrected chi connectivity index (χ3v) is 3.98. The molecule has 3 rings (SSSR count). The number of phenols is 1. The number of guanidine groups is 1. The normalized spacial score (nSPS) is 11.2. The van der Waals surface area contributed by atoms with Crippen molar-refractivity contribution >= 4 is 35.6 Å². The Balaban J connectivity index is 0.00000261. The molecule has 0 aliphatic heterocycles. The highest BCUT2D eigenvalue weighted by Gasteiger charge is 2.04. The highest BCUT2D eigenvalue weighted by molar-refractivity contribution is 14.0. The molecule has 27 heavy (non-hydrogen) atoms. The average Bonchev–Trinajstić information content (AvgIpc) is 3.08. The number of hydrogen-bond acceptors (Lipinski definition) is 4. The van der Waals surface area contributed by atoms with Gasteiger partial charge < -0.3 is 15.7 Å². The molecule has 0 radical (unpaired) electrons. The van der Waals surface area contributed by atoms with Gasteiger partial charge >= 0.3 is 0 Å². The maximum absolute atomic E-state index is 9.32. The zero-order chi connectivity index (χ0) is 18.2. The fourth-order valence-electron chi connectivity index (χ4n) is 2.65. The van der Waals surface area contributed by atoms with Gasteiger partial charge in [-0.2, -0.15) is 0 Å². The summed E-state index contributed by atoms with van der Waals surface area (Å²) in [6, 6.07) is 13.2. The summed E-state index contributed by atoms with van der Waals surface area (Å²) in [7, 11) is 0. The minimum absolute atomic E-state index is 0. The van der Waals surface area contributed by atoms with Gasteiger partial charge in [-0.15, -0.1) is 34.2 Å². The molecule has 0 aliphatic rings. The molecular formula is C19H25IN6O. The van der Waals surface area contributed by atoms with E-state index in [1.54, 1.807) is 12.1 Å². The number of halogens is 1. The number of hydrogen-bond donors (Lipinski definition) is 3. The minimum Gasteiger partial charge on any atom is -0.508 e. The van der Waals surface area contributed by atoms with E-state index in [2.05, 4.69) is 25.8 Å². The first-order valence-corrected chi connectivity index (χ1v) is 8.85. The first kappa shape index (κ1) is 20.9. The zero-order valence-electron chi connectivity index (χ0n) is 15.3. The number of aromatic nitrogens is 3. The lowest BCUT2D eigenvalue weighted by molar-refractivity contribution is 0.475. The fourth-order valence-corrected chi connectivity index (χ4v) is 2.65. The number of pyridine rings is 1. The van der Waals surface area contributed by atoms with E-state index in [1.807, 2.05) is 47.9 Å². The second-order valence-corrected chi connectivity index (χ2v) is 5.94. The van der Waals surface area contributed by atoms with Crippen LogP contribution >= 0.6 is 24.0 Å². The van der Waals surface area contributed by atoms with Crippen LogP contribution in [0.5, 0.6) is 5.75 Å². The Labute approximate surface area is 176 Å². The summed E-state index contributed by atoms with van der Waals surface area (Å²) < 4.78 is 1.94. The maximum Gasteiger partial charge on any atom is 0.191 e. The maximum atomic E-state index is 9.32. The van der Waals surface area contributed by atoms with Crippen molar-refractivity contribution in [2.45, 2.75) is 26.3 Å². The van der Waals surface area contributed by atoms with Crippen molar-refractivity contribution in [3.8, 4) is 5.75 Å². The fraction of sp³-hybridized carbons (Fsp3) is 0.316. The number of rotatable bonds is 7. The Bertz CT molecular complexity index is 862. The van der Waals surface area contributed by atoms with Crippen molar-refractivity contribution in [3.63, 3.8) is 0 Å². The number of nitrogens with zero attached hydrogens (tertiary/aromatic N) is 4. The SMILES string of the molecule is CCNC(=NCc1nnc2ccccn12)NCCCc1ccc(O)cc1.I. The predicted molar refractivity (Wildman–Crippen MR) is 118 cm³/mol. The number of aliphatic imine (C=N–C) groups is 1. The van der Waals surface area contributed by atoms with Crippen LogP contribution < -0.4 is 10.6 Å². The molecule has 7 nitrogen and oxygen atoms in total. The number of fused-ring (bicyclic) bond motifs is 1. The second-order valence-electron chi connectivity index (χ2n) is 5.94. The topological polar surface area (TPSA) is 86.8 Å². The van der Waals surface area contributed by atoms with Crippen molar-refractivity contribution in [1.82, 2.24) is 25.2 Å². The third kappa shape index (κ3) is 6.09. The average molecular weight is 480 g/mol. The van der Waals surface area contributed by atoms with Crippen molar-refractivity contribution in [3.05, 3.63) is 60.0 Å². The van der Waals surface area contributed by atoms with Crippen LogP contribution in [-0.2, 0) is 13.0 Å². The van der Waals surface area contributed by atoms with Crippen LogP contribution in [0.2, 0.25) is 0 Å². The van der Waals surface area contributed by atoms with E-state index in [1.165, 1.54) is 5.56 Å². The van der Waals surface area contributed by atoms with E-state index >= 15 is 0 Å². The molecule has 0 amide bonds. The molecule has 0 saturated carbocycles. The van der Waals surface area contributed by atoms with Crippen molar-refractivity contribution in [1.29, 1.82) is 0 Å². The van der Waals surface area contributed by atoms with Gasteiger partial charge in [-0.3, -0.25) is 4.40 Å². The quantitative estimate of drug-likeness (QED) is 0.210. The molecule has 8 heteroatoms. The van der Waals surface area contributed by atoms with E-state index in [-0.39, 0.29) is 24.0 Å². The van der Waals surface area contributed by atoms with Crippen LogP contribution in [0.4, 0.5) is 0 Å². The molecule has 0 aliphatic carbocycles. The summed E-state index contributed by atoms with van der Waals surface area (Å²) in [5, 5.41) is 24.3. The standard InChI is InChI=1S/C19H24N6O.HI/c1-2-20-19(21-12-5-6-15-8-10-16(26)11-9-15)22-14-18-24-23-17-7-3-4-13-25(17)18;/h3-4,7-11,13,26H,2,5-6,12,14H2,1H3,(H2,20,21,22);1H. The summed E-state index contributed by atoms with van der Waals surface area (Å²) >= 11 is 0. The number of nitrogens with one attached hydrogen (secondary N) is 2. The van der Waals surface area contributed by atoms with Gasteiger partial charge in [0.05, 0.1) is 0 Å². The van der Waals surface area contributed by atoms with Gasteiger partial charge in [-0.25, -0.2) is 4.99 Å². The highest BCUT2D eigenvalue weighted by Crippen LogP contribution is 2.10. The molecule has 3 N–H and O–H groups in total. The molecule has 0 spiro atoms. The molecule has 0 bridgehead atoms. The molecule has 0 saturated heterocycles. The van der Waals surface area contributed by atoms with Gasteiger partial charge in [0.25, 0.3) is 0 Å². The van der Waals surface area contributed by atoms with Crippen LogP contribution in [0.1, 0.15) is 24.7 Å². The summed E-state index contributed by atoms with van der Waals surface area (Å²) in [5.41, 5.74) is 2.03. The number of aromatic hydroxyl groups is 1. The van der Waals surface area contributed by atoms with Crippen molar-refractivity contribution < 1.29 is 5.11 Å². The molecular weight excluding hydrogens is 455 g/mol. The van der Waals surface area contributed by atoms with E-state index in [0.29, 0.717) is 12.3 Å². The number of aryl methyl sites for hydroxylation is 1. The van der Waals surface area contributed by atoms with Gasteiger partial charge in [-0.05, 0) is 49.6 Å². The first-order valence-electron chi connectivity index (χ1n) is 8.85. The van der Waals surface area contributed by atoms with E-state index in [4.69, 9.17) is 0 Å². The van der Waals surface area contributed by atoms with E-state index < -0.39 is 0 Å². The Morgan fingerprint density at radius 1 is 1.11 bits per heavy atom. The number of phenolic OH excluding ortho intramolecular Hbond substituents is 1. The van der Waals surface area contributed by atoms with Crippen LogP contribution in [0.3, 0.4) is 0 Å². The summed E-state index contributed by atoms with van der Waals surface area (Å²) in [5.74, 6) is 1.88. The van der Waals surface area contributed by atoms with Gasteiger partial charge in [0, 0.05) is 19.3 Å². The minimum atomic E-state index is 0. The summed E-state index contributed by atoms with van der Waals surface area (Å²) in [4.78, 5) is 4.60. The van der Waals surface area contributed by atoms with Crippen molar-refractivity contribution in [2.75, 3.05) is 13.1 Å². The molecule has 2 aromatic heterocycles. The molecule has 0 unspecified atom stereocenters. The van der Waals surface area contributed by atoms with Gasteiger partial charge in [-0.1, -0.05) is 18.2 Å². The lowest BCUT2D eigenvalue weighted by atomic mass is 10.1. The Kier molecular flexibility index (Phi) is 8.31.